The highest BCUT2D eigenvalue weighted by molar-refractivity contribution is 5.76. The highest BCUT2D eigenvalue weighted by atomic mass is 16.2. The summed E-state index contributed by atoms with van der Waals surface area (Å²) in [5.41, 5.74) is 1.31. The van der Waals surface area contributed by atoms with Crippen LogP contribution in [-0.2, 0) is 18.3 Å². The van der Waals surface area contributed by atoms with Crippen molar-refractivity contribution in [1.29, 1.82) is 0 Å². The van der Waals surface area contributed by atoms with Gasteiger partial charge in [0.15, 0.2) is 0 Å². The average Bonchev–Trinajstić information content (AvgIpc) is 3.02. The zero-order chi connectivity index (χ0) is 16.1. The van der Waals surface area contributed by atoms with E-state index in [1.54, 1.807) is 0 Å². The molecule has 0 radical (unpaired) electrons. The third kappa shape index (κ3) is 3.92. The molecule has 0 spiro atoms. The third-order valence-electron chi connectivity index (χ3n) is 4.41. The summed E-state index contributed by atoms with van der Waals surface area (Å²) in [6.45, 7) is 3.29. The molecule has 2 heterocycles. The Balaban J connectivity index is 1.42. The molecular formula is C18H24N4O. The number of carbonyl (C=O) groups excluding carboxylic acids is 1. The van der Waals surface area contributed by atoms with Gasteiger partial charge in [0.05, 0.1) is 0 Å². The lowest BCUT2D eigenvalue weighted by Crippen LogP contribution is -2.49. The first-order chi connectivity index (χ1) is 11.2. The van der Waals surface area contributed by atoms with Crippen LogP contribution in [0.4, 0.5) is 5.95 Å². The Morgan fingerprint density at radius 1 is 1.13 bits per heavy atom. The zero-order valence-electron chi connectivity index (χ0n) is 13.7. The smallest absolute Gasteiger partial charge is 0.222 e. The molecule has 1 saturated heterocycles. The number of piperazine rings is 1. The number of aryl methyl sites for hydroxylation is 2. The molecule has 1 fully saturated rings. The van der Waals surface area contributed by atoms with Crippen LogP contribution in [0.2, 0.25) is 0 Å². The van der Waals surface area contributed by atoms with E-state index in [1.165, 1.54) is 5.56 Å². The molecule has 0 bridgehead atoms. The second-order valence-electron chi connectivity index (χ2n) is 6.05. The predicted molar refractivity (Wildman–Crippen MR) is 91.4 cm³/mol. The maximum absolute atomic E-state index is 12.3. The van der Waals surface area contributed by atoms with Gasteiger partial charge in [-0.15, -0.1) is 0 Å². The number of hydrogen-bond donors (Lipinski definition) is 0. The Labute approximate surface area is 137 Å². The van der Waals surface area contributed by atoms with Crippen molar-refractivity contribution in [3.8, 4) is 0 Å². The molecule has 1 amide bonds. The second-order valence-corrected chi connectivity index (χ2v) is 6.05. The van der Waals surface area contributed by atoms with Crippen LogP contribution in [0.25, 0.3) is 0 Å². The summed E-state index contributed by atoms with van der Waals surface area (Å²) in [6.07, 6.45) is 6.30. The van der Waals surface area contributed by atoms with Gasteiger partial charge in [0.25, 0.3) is 0 Å². The standard InChI is InChI=1S/C18H24N4O/c1-20-11-10-19-18(20)22-14-12-21(13-15-22)17(23)9-5-8-16-6-3-2-4-7-16/h2-4,6-7,10-11H,5,8-9,12-15H2,1H3. The molecule has 23 heavy (non-hydrogen) atoms. The first-order valence-corrected chi connectivity index (χ1v) is 8.28. The molecule has 5 heteroatoms. The lowest BCUT2D eigenvalue weighted by Gasteiger charge is -2.35. The SMILES string of the molecule is Cn1ccnc1N1CCN(C(=O)CCCc2ccccc2)CC1. The van der Waals surface area contributed by atoms with Crippen molar-refractivity contribution in [2.75, 3.05) is 31.1 Å². The van der Waals surface area contributed by atoms with E-state index in [4.69, 9.17) is 0 Å². The minimum Gasteiger partial charge on any atom is -0.339 e. The van der Waals surface area contributed by atoms with E-state index >= 15 is 0 Å². The van der Waals surface area contributed by atoms with Gasteiger partial charge in [-0.05, 0) is 18.4 Å². The van der Waals surface area contributed by atoms with Crippen LogP contribution in [0.15, 0.2) is 42.7 Å². The number of rotatable bonds is 5. The lowest BCUT2D eigenvalue weighted by atomic mass is 10.1. The van der Waals surface area contributed by atoms with Crippen molar-refractivity contribution in [1.82, 2.24) is 14.5 Å². The fourth-order valence-electron chi connectivity index (χ4n) is 3.06. The first-order valence-electron chi connectivity index (χ1n) is 8.28. The van der Waals surface area contributed by atoms with Crippen LogP contribution in [0, 0.1) is 0 Å². The van der Waals surface area contributed by atoms with E-state index in [2.05, 4.69) is 22.0 Å². The molecule has 1 aliphatic rings. The molecular weight excluding hydrogens is 288 g/mol. The van der Waals surface area contributed by atoms with Crippen molar-refractivity contribution in [2.45, 2.75) is 19.3 Å². The maximum atomic E-state index is 12.3. The number of imidazole rings is 1. The monoisotopic (exact) mass is 312 g/mol. The molecule has 0 saturated carbocycles. The molecule has 3 rings (SSSR count). The summed E-state index contributed by atoms with van der Waals surface area (Å²) in [6, 6.07) is 10.4. The number of anilines is 1. The fraction of sp³-hybridized carbons (Fsp3) is 0.444. The number of aromatic nitrogens is 2. The Hall–Kier alpha value is -2.30. The summed E-state index contributed by atoms with van der Waals surface area (Å²) < 4.78 is 2.03. The highest BCUT2D eigenvalue weighted by Gasteiger charge is 2.22. The lowest BCUT2D eigenvalue weighted by molar-refractivity contribution is -0.131. The van der Waals surface area contributed by atoms with Crippen molar-refractivity contribution >= 4 is 11.9 Å². The quantitative estimate of drug-likeness (QED) is 0.849. The molecule has 1 aromatic carbocycles. The normalized spacial score (nSPS) is 15.0. The first kappa shape index (κ1) is 15.6. The van der Waals surface area contributed by atoms with E-state index in [0.29, 0.717) is 6.42 Å². The number of carbonyl (C=O) groups is 1. The predicted octanol–water partition coefficient (Wildman–Crippen LogP) is 2.09. The molecule has 0 N–H and O–H groups in total. The van der Waals surface area contributed by atoms with Crippen molar-refractivity contribution < 1.29 is 4.79 Å². The molecule has 1 aromatic heterocycles. The van der Waals surface area contributed by atoms with Crippen LogP contribution in [-0.4, -0.2) is 46.5 Å². The summed E-state index contributed by atoms with van der Waals surface area (Å²) in [5, 5.41) is 0. The highest BCUT2D eigenvalue weighted by Crippen LogP contribution is 2.14. The molecule has 0 atom stereocenters. The maximum Gasteiger partial charge on any atom is 0.222 e. The zero-order valence-corrected chi connectivity index (χ0v) is 13.7. The van der Waals surface area contributed by atoms with Crippen LogP contribution >= 0.6 is 0 Å². The number of hydrogen-bond acceptors (Lipinski definition) is 3. The van der Waals surface area contributed by atoms with Crippen LogP contribution in [0.5, 0.6) is 0 Å². The Kier molecular flexibility index (Phi) is 4.95. The number of amides is 1. The van der Waals surface area contributed by atoms with E-state index < -0.39 is 0 Å². The van der Waals surface area contributed by atoms with Gasteiger partial charge in [0.2, 0.25) is 11.9 Å². The summed E-state index contributed by atoms with van der Waals surface area (Å²) in [5.74, 6) is 1.27. The van der Waals surface area contributed by atoms with Crippen molar-refractivity contribution in [2.24, 2.45) is 7.05 Å². The summed E-state index contributed by atoms with van der Waals surface area (Å²) in [7, 11) is 2.00. The Morgan fingerprint density at radius 2 is 1.87 bits per heavy atom. The van der Waals surface area contributed by atoms with Gasteiger partial charge >= 0.3 is 0 Å². The summed E-state index contributed by atoms with van der Waals surface area (Å²) in [4.78, 5) is 20.9. The minimum absolute atomic E-state index is 0.278. The van der Waals surface area contributed by atoms with Gasteiger partial charge < -0.3 is 14.4 Å². The van der Waals surface area contributed by atoms with E-state index in [-0.39, 0.29) is 5.91 Å². The minimum atomic E-state index is 0.278. The van der Waals surface area contributed by atoms with Gasteiger partial charge in [0, 0.05) is 52.0 Å². The van der Waals surface area contributed by atoms with Crippen molar-refractivity contribution in [3.05, 3.63) is 48.3 Å². The molecule has 5 nitrogen and oxygen atoms in total. The summed E-state index contributed by atoms with van der Waals surface area (Å²) >= 11 is 0. The third-order valence-corrected chi connectivity index (χ3v) is 4.41. The van der Waals surface area contributed by atoms with E-state index in [9.17, 15) is 4.79 Å². The Bertz CT molecular complexity index is 629. The van der Waals surface area contributed by atoms with Gasteiger partial charge in [0.1, 0.15) is 0 Å². The Morgan fingerprint density at radius 3 is 2.52 bits per heavy atom. The van der Waals surface area contributed by atoms with Crippen LogP contribution in [0.1, 0.15) is 18.4 Å². The number of benzene rings is 1. The average molecular weight is 312 g/mol. The molecule has 2 aromatic rings. The molecule has 0 aliphatic carbocycles. The fourth-order valence-corrected chi connectivity index (χ4v) is 3.06. The molecule has 1 aliphatic heterocycles. The van der Waals surface area contributed by atoms with Gasteiger partial charge in [-0.25, -0.2) is 4.98 Å². The topological polar surface area (TPSA) is 41.4 Å². The van der Waals surface area contributed by atoms with Gasteiger partial charge in [-0.1, -0.05) is 30.3 Å². The van der Waals surface area contributed by atoms with Gasteiger partial charge in [-0.3, -0.25) is 4.79 Å². The van der Waals surface area contributed by atoms with Crippen molar-refractivity contribution in [3.63, 3.8) is 0 Å². The largest absolute Gasteiger partial charge is 0.339 e. The van der Waals surface area contributed by atoms with Crippen LogP contribution < -0.4 is 4.90 Å². The second kappa shape index (κ2) is 7.31. The van der Waals surface area contributed by atoms with E-state index in [1.807, 2.05) is 47.1 Å². The van der Waals surface area contributed by atoms with E-state index in [0.717, 1.165) is 45.0 Å². The van der Waals surface area contributed by atoms with Crippen LogP contribution in [0.3, 0.4) is 0 Å². The van der Waals surface area contributed by atoms with Gasteiger partial charge in [-0.2, -0.15) is 0 Å². The number of nitrogens with zero attached hydrogens (tertiary/aromatic N) is 4. The molecule has 122 valence electrons. The molecule has 0 unspecified atom stereocenters.